The molecule has 0 heterocycles. The third-order valence-electron chi connectivity index (χ3n) is 4.19. The molecule has 0 spiro atoms. The van der Waals surface area contributed by atoms with E-state index < -0.39 is 0 Å². The summed E-state index contributed by atoms with van der Waals surface area (Å²) in [6.07, 6.45) is 3.24. The van der Waals surface area contributed by atoms with Gasteiger partial charge >= 0.3 is 0 Å². The number of nitrogens with one attached hydrogen (secondary N) is 1. The summed E-state index contributed by atoms with van der Waals surface area (Å²) in [4.78, 5) is 0. The van der Waals surface area contributed by atoms with Gasteiger partial charge < -0.3 is 5.32 Å². The lowest BCUT2D eigenvalue weighted by atomic mass is 9.76. The van der Waals surface area contributed by atoms with E-state index in [-0.39, 0.29) is 5.82 Å². The molecule has 1 nitrogen and oxygen atoms in total. The Morgan fingerprint density at radius 2 is 1.85 bits per heavy atom. The van der Waals surface area contributed by atoms with Gasteiger partial charge in [-0.25, -0.2) is 4.39 Å². The zero-order valence-corrected chi connectivity index (χ0v) is 11.8. The fraction of sp³-hybridized carbons (Fsp3) is 0.333. The minimum atomic E-state index is -0.130. The second kappa shape index (κ2) is 5.66. The van der Waals surface area contributed by atoms with E-state index >= 15 is 0 Å². The highest BCUT2D eigenvalue weighted by Crippen LogP contribution is 2.38. The summed E-state index contributed by atoms with van der Waals surface area (Å²) in [5.74, 6) is 0.368. The van der Waals surface area contributed by atoms with Gasteiger partial charge in [0.25, 0.3) is 0 Å². The second-order valence-corrected chi connectivity index (χ2v) is 5.62. The number of rotatable bonds is 4. The van der Waals surface area contributed by atoms with Crippen molar-refractivity contribution in [2.75, 3.05) is 5.32 Å². The Morgan fingerprint density at radius 1 is 1.10 bits per heavy atom. The molecule has 104 valence electrons. The topological polar surface area (TPSA) is 12.0 Å². The van der Waals surface area contributed by atoms with Gasteiger partial charge in [-0.05, 0) is 60.6 Å². The molecule has 0 aromatic heterocycles. The van der Waals surface area contributed by atoms with Crippen LogP contribution >= 0.6 is 0 Å². The standard InChI is InChI=1S/C18H20FN/c1-2-13-6-8-17(9-7-13)20-18-11-15(12-18)14-4-3-5-16(19)10-14/h3-10,15,18,20H,2,11-12H2,1H3. The Kier molecular flexibility index (Phi) is 3.72. The molecule has 0 bridgehead atoms. The molecule has 1 aliphatic carbocycles. The molecule has 2 heteroatoms. The molecule has 0 unspecified atom stereocenters. The van der Waals surface area contributed by atoms with Crippen molar-refractivity contribution in [2.45, 2.75) is 38.1 Å². The first-order valence-corrected chi connectivity index (χ1v) is 7.35. The van der Waals surface area contributed by atoms with Crippen molar-refractivity contribution in [3.63, 3.8) is 0 Å². The minimum Gasteiger partial charge on any atom is -0.382 e. The summed E-state index contributed by atoms with van der Waals surface area (Å²) in [5, 5.41) is 3.55. The summed E-state index contributed by atoms with van der Waals surface area (Å²) in [5.41, 5.74) is 3.68. The van der Waals surface area contributed by atoms with Crippen LogP contribution in [-0.4, -0.2) is 6.04 Å². The predicted molar refractivity (Wildman–Crippen MR) is 81.6 cm³/mol. The maximum absolute atomic E-state index is 13.2. The SMILES string of the molecule is CCc1ccc(NC2CC(c3cccc(F)c3)C2)cc1. The van der Waals surface area contributed by atoms with Gasteiger partial charge in [-0.3, -0.25) is 0 Å². The smallest absolute Gasteiger partial charge is 0.123 e. The van der Waals surface area contributed by atoms with Crippen molar-refractivity contribution in [1.82, 2.24) is 0 Å². The number of benzene rings is 2. The van der Waals surface area contributed by atoms with E-state index in [4.69, 9.17) is 0 Å². The Labute approximate surface area is 119 Å². The Morgan fingerprint density at radius 3 is 2.50 bits per heavy atom. The second-order valence-electron chi connectivity index (χ2n) is 5.62. The van der Waals surface area contributed by atoms with Gasteiger partial charge in [-0.2, -0.15) is 0 Å². The van der Waals surface area contributed by atoms with E-state index in [0.717, 1.165) is 24.8 Å². The van der Waals surface area contributed by atoms with E-state index in [0.29, 0.717) is 12.0 Å². The zero-order valence-electron chi connectivity index (χ0n) is 11.8. The summed E-state index contributed by atoms with van der Waals surface area (Å²) in [6, 6.07) is 16.1. The molecule has 0 radical (unpaired) electrons. The minimum absolute atomic E-state index is 0.130. The molecule has 3 rings (SSSR count). The van der Waals surface area contributed by atoms with Crippen molar-refractivity contribution in [1.29, 1.82) is 0 Å². The zero-order chi connectivity index (χ0) is 13.9. The molecule has 0 aliphatic heterocycles. The van der Waals surface area contributed by atoms with Crippen molar-refractivity contribution in [3.05, 3.63) is 65.5 Å². The van der Waals surface area contributed by atoms with Gasteiger partial charge in [0, 0.05) is 11.7 Å². The monoisotopic (exact) mass is 269 g/mol. The van der Waals surface area contributed by atoms with Crippen LogP contribution in [0.5, 0.6) is 0 Å². The third-order valence-corrected chi connectivity index (χ3v) is 4.19. The number of aryl methyl sites for hydroxylation is 1. The average molecular weight is 269 g/mol. The molecular formula is C18H20FN. The summed E-state index contributed by atoms with van der Waals surface area (Å²) >= 11 is 0. The molecule has 0 saturated heterocycles. The fourth-order valence-electron chi connectivity index (χ4n) is 2.84. The quantitative estimate of drug-likeness (QED) is 0.845. The molecule has 0 amide bonds. The number of anilines is 1. The van der Waals surface area contributed by atoms with E-state index in [1.54, 1.807) is 12.1 Å². The molecule has 1 saturated carbocycles. The maximum atomic E-state index is 13.2. The number of hydrogen-bond donors (Lipinski definition) is 1. The van der Waals surface area contributed by atoms with E-state index in [1.807, 2.05) is 6.07 Å². The van der Waals surface area contributed by atoms with E-state index in [1.165, 1.54) is 17.3 Å². The highest BCUT2D eigenvalue weighted by atomic mass is 19.1. The van der Waals surface area contributed by atoms with Crippen molar-refractivity contribution >= 4 is 5.69 Å². The van der Waals surface area contributed by atoms with Crippen LogP contribution in [0.3, 0.4) is 0 Å². The number of halogens is 1. The number of hydrogen-bond acceptors (Lipinski definition) is 1. The van der Waals surface area contributed by atoms with E-state index in [9.17, 15) is 4.39 Å². The lowest BCUT2D eigenvalue weighted by molar-refractivity contribution is 0.373. The highest BCUT2D eigenvalue weighted by Gasteiger charge is 2.30. The maximum Gasteiger partial charge on any atom is 0.123 e. The van der Waals surface area contributed by atoms with Crippen LogP contribution in [0.1, 0.15) is 36.8 Å². The van der Waals surface area contributed by atoms with Gasteiger partial charge in [0.1, 0.15) is 5.82 Å². The van der Waals surface area contributed by atoms with Crippen LogP contribution in [0.15, 0.2) is 48.5 Å². The van der Waals surface area contributed by atoms with Crippen molar-refractivity contribution in [3.8, 4) is 0 Å². The van der Waals surface area contributed by atoms with Crippen LogP contribution in [0.2, 0.25) is 0 Å². The molecular weight excluding hydrogens is 249 g/mol. The Bertz CT molecular complexity index is 570. The normalized spacial score (nSPS) is 21.3. The van der Waals surface area contributed by atoms with Crippen LogP contribution in [0.4, 0.5) is 10.1 Å². The fourth-order valence-corrected chi connectivity index (χ4v) is 2.84. The molecule has 1 aliphatic rings. The van der Waals surface area contributed by atoms with Gasteiger partial charge in [0.15, 0.2) is 0 Å². The highest BCUT2D eigenvalue weighted by molar-refractivity contribution is 5.46. The lowest BCUT2D eigenvalue weighted by Crippen LogP contribution is -2.34. The largest absolute Gasteiger partial charge is 0.382 e. The van der Waals surface area contributed by atoms with Crippen LogP contribution in [0, 0.1) is 5.82 Å². The van der Waals surface area contributed by atoms with Crippen molar-refractivity contribution < 1.29 is 4.39 Å². The summed E-state index contributed by atoms with van der Waals surface area (Å²) in [6.45, 7) is 2.16. The van der Waals surface area contributed by atoms with Crippen LogP contribution in [-0.2, 0) is 6.42 Å². The van der Waals surface area contributed by atoms with Crippen LogP contribution in [0.25, 0.3) is 0 Å². The molecule has 0 atom stereocenters. The van der Waals surface area contributed by atoms with Gasteiger partial charge in [-0.15, -0.1) is 0 Å². The summed E-state index contributed by atoms with van der Waals surface area (Å²) < 4.78 is 13.2. The average Bonchev–Trinajstić information content (AvgIpc) is 2.43. The van der Waals surface area contributed by atoms with Crippen LogP contribution < -0.4 is 5.32 Å². The lowest BCUT2D eigenvalue weighted by Gasteiger charge is -2.37. The summed E-state index contributed by atoms with van der Waals surface area (Å²) in [7, 11) is 0. The van der Waals surface area contributed by atoms with Crippen molar-refractivity contribution in [2.24, 2.45) is 0 Å². The third kappa shape index (κ3) is 2.84. The molecule has 2 aromatic rings. The Balaban J connectivity index is 1.55. The molecule has 2 aromatic carbocycles. The molecule has 20 heavy (non-hydrogen) atoms. The van der Waals surface area contributed by atoms with Gasteiger partial charge in [0.2, 0.25) is 0 Å². The van der Waals surface area contributed by atoms with Gasteiger partial charge in [-0.1, -0.05) is 31.2 Å². The van der Waals surface area contributed by atoms with E-state index in [2.05, 4.69) is 36.5 Å². The first-order valence-electron chi connectivity index (χ1n) is 7.35. The van der Waals surface area contributed by atoms with Gasteiger partial charge in [0.05, 0.1) is 0 Å². The first-order chi connectivity index (χ1) is 9.74. The first kappa shape index (κ1) is 13.2. The molecule has 1 N–H and O–H groups in total. The molecule has 1 fully saturated rings. The predicted octanol–water partition coefficient (Wildman–Crippen LogP) is 4.75. The Hall–Kier alpha value is -1.83.